The highest BCUT2D eigenvalue weighted by atomic mass is 15.1. The first-order valence-corrected chi connectivity index (χ1v) is 15.6. The fourth-order valence-electron chi connectivity index (χ4n) is 6.22. The van der Waals surface area contributed by atoms with Crippen LogP contribution in [-0.4, -0.2) is 21.2 Å². The molecule has 1 aliphatic rings. The molecule has 0 spiro atoms. The number of pyridine rings is 1. The third-order valence-corrected chi connectivity index (χ3v) is 8.53. The lowest BCUT2D eigenvalue weighted by Gasteiger charge is -2.17. The van der Waals surface area contributed by atoms with Gasteiger partial charge in [0.1, 0.15) is 5.82 Å². The van der Waals surface area contributed by atoms with Crippen LogP contribution in [0.4, 0.5) is 5.69 Å². The Morgan fingerprint density at radius 2 is 1.59 bits per heavy atom. The molecule has 7 rings (SSSR count). The predicted molar refractivity (Wildman–Crippen MR) is 195 cm³/mol. The zero-order valence-corrected chi connectivity index (χ0v) is 26.1. The maximum atomic E-state index is 5.03. The average molecular weight is 598 g/mol. The van der Waals surface area contributed by atoms with Gasteiger partial charge in [0, 0.05) is 33.9 Å². The number of rotatable bonds is 6. The third kappa shape index (κ3) is 5.59. The minimum absolute atomic E-state index is 0.496. The summed E-state index contributed by atoms with van der Waals surface area (Å²) in [6, 6.07) is 37.4. The van der Waals surface area contributed by atoms with E-state index in [9.17, 15) is 0 Å². The lowest BCUT2D eigenvalue weighted by atomic mass is 9.96. The summed E-state index contributed by atoms with van der Waals surface area (Å²) in [5.41, 5.74) is 10.3. The zero-order chi connectivity index (χ0) is 31.5. The van der Waals surface area contributed by atoms with Crippen molar-refractivity contribution >= 4 is 44.9 Å². The smallest absolute Gasteiger partial charge is 0.227 e. The van der Waals surface area contributed by atoms with Gasteiger partial charge in [0.05, 0.1) is 16.7 Å². The van der Waals surface area contributed by atoms with Crippen molar-refractivity contribution in [2.24, 2.45) is 9.98 Å². The molecule has 0 saturated carbocycles. The monoisotopic (exact) mass is 597 g/mol. The molecule has 2 aromatic heterocycles. The summed E-state index contributed by atoms with van der Waals surface area (Å²) < 4.78 is 2.27. The van der Waals surface area contributed by atoms with E-state index in [1.54, 1.807) is 0 Å². The molecule has 0 bridgehead atoms. The van der Waals surface area contributed by atoms with Crippen LogP contribution in [0.3, 0.4) is 0 Å². The predicted octanol–water partition coefficient (Wildman–Crippen LogP) is 10.3. The number of para-hydroxylation sites is 2. The van der Waals surface area contributed by atoms with Gasteiger partial charge in [-0.15, -0.1) is 0 Å². The van der Waals surface area contributed by atoms with Crippen LogP contribution in [0.2, 0.25) is 0 Å². The van der Waals surface area contributed by atoms with Crippen LogP contribution in [0, 0.1) is 6.92 Å². The number of allylic oxidation sites excluding steroid dienone is 4. The summed E-state index contributed by atoms with van der Waals surface area (Å²) in [6.07, 6.45) is 10.2. The number of benzene rings is 4. The first-order chi connectivity index (χ1) is 22.6. The van der Waals surface area contributed by atoms with E-state index in [0.717, 1.165) is 57.8 Å². The highest BCUT2D eigenvalue weighted by Crippen LogP contribution is 2.39. The SMILES string of the molecule is C=C(/N=C(\N=C(/C)C1=CC=CCC1)Nc1ccccc1-c1ccc2c3ccccc3n(-c3ccccn3)c2c1C)c1ccccc1. The Morgan fingerprint density at radius 1 is 0.804 bits per heavy atom. The Kier molecular flexibility index (Phi) is 7.96. The van der Waals surface area contributed by atoms with Gasteiger partial charge in [-0.05, 0) is 73.2 Å². The maximum Gasteiger partial charge on any atom is 0.227 e. The standard InChI is InChI=1S/C41H35N5/c1-28-33(25-26-36-35-21-11-13-23-38(35)46(40(28)36)39-24-14-15-27-42-39)34-20-10-12-22-37(34)45-41(43-29(2)31-16-6-4-7-17-31)44-30(3)32-18-8-5-9-19-32/h4-8,10-18,20-27H,2,9,19H2,1,3H3,(H,43,45)/b44-30+. The third-order valence-electron chi connectivity index (χ3n) is 8.53. The van der Waals surface area contributed by atoms with E-state index < -0.39 is 0 Å². The van der Waals surface area contributed by atoms with E-state index in [1.165, 1.54) is 21.9 Å². The molecule has 0 unspecified atom stereocenters. The molecule has 224 valence electrons. The van der Waals surface area contributed by atoms with Crippen molar-refractivity contribution in [3.8, 4) is 16.9 Å². The van der Waals surface area contributed by atoms with Gasteiger partial charge in [0.2, 0.25) is 5.96 Å². The zero-order valence-electron chi connectivity index (χ0n) is 26.1. The Balaban J connectivity index is 1.36. The number of anilines is 1. The highest BCUT2D eigenvalue weighted by Gasteiger charge is 2.19. The van der Waals surface area contributed by atoms with Crippen LogP contribution < -0.4 is 5.32 Å². The van der Waals surface area contributed by atoms with E-state index in [-0.39, 0.29) is 0 Å². The number of guanidine groups is 1. The minimum Gasteiger partial charge on any atom is -0.324 e. The van der Waals surface area contributed by atoms with Gasteiger partial charge >= 0.3 is 0 Å². The molecule has 0 aliphatic heterocycles. The summed E-state index contributed by atoms with van der Waals surface area (Å²) >= 11 is 0. The van der Waals surface area contributed by atoms with E-state index in [4.69, 9.17) is 15.0 Å². The lowest BCUT2D eigenvalue weighted by Crippen LogP contribution is -2.14. The average Bonchev–Trinajstić information content (AvgIpc) is 3.45. The van der Waals surface area contributed by atoms with Crippen molar-refractivity contribution in [3.63, 3.8) is 0 Å². The number of nitrogens with one attached hydrogen (secondary N) is 1. The normalized spacial score (nSPS) is 13.7. The fourth-order valence-corrected chi connectivity index (χ4v) is 6.22. The Labute approximate surface area is 269 Å². The summed E-state index contributed by atoms with van der Waals surface area (Å²) in [5, 5.41) is 6.00. The van der Waals surface area contributed by atoms with Crippen molar-refractivity contribution in [1.82, 2.24) is 9.55 Å². The van der Waals surface area contributed by atoms with Crippen LogP contribution in [0.1, 0.15) is 30.9 Å². The maximum absolute atomic E-state index is 5.03. The number of aliphatic imine (C=N–C) groups is 2. The second-order valence-electron chi connectivity index (χ2n) is 11.4. The molecule has 46 heavy (non-hydrogen) atoms. The van der Waals surface area contributed by atoms with Crippen LogP contribution >= 0.6 is 0 Å². The van der Waals surface area contributed by atoms with E-state index in [1.807, 2.05) is 61.7 Å². The van der Waals surface area contributed by atoms with Gasteiger partial charge in [-0.3, -0.25) is 4.57 Å². The number of fused-ring (bicyclic) bond motifs is 3. The molecule has 4 aromatic carbocycles. The van der Waals surface area contributed by atoms with Crippen molar-refractivity contribution in [3.05, 3.63) is 157 Å². The molecular formula is C41H35N5. The molecule has 0 saturated heterocycles. The van der Waals surface area contributed by atoms with Gasteiger partial charge in [0.15, 0.2) is 0 Å². The van der Waals surface area contributed by atoms with Crippen LogP contribution in [0.25, 0.3) is 44.4 Å². The molecule has 0 amide bonds. The van der Waals surface area contributed by atoms with Gasteiger partial charge in [-0.25, -0.2) is 15.0 Å². The first kappa shape index (κ1) is 28.9. The Bertz CT molecular complexity index is 2200. The van der Waals surface area contributed by atoms with Crippen molar-refractivity contribution in [2.45, 2.75) is 26.7 Å². The van der Waals surface area contributed by atoms with E-state index in [2.05, 4.69) is 102 Å². The van der Waals surface area contributed by atoms with Crippen molar-refractivity contribution in [1.29, 1.82) is 0 Å². The molecule has 0 atom stereocenters. The van der Waals surface area contributed by atoms with Gasteiger partial charge < -0.3 is 5.32 Å². The number of nitrogens with zero attached hydrogens (tertiary/aromatic N) is 4. The summed E-state index contributed by atoms with van der Waals surface area (Å²) in [7, 11) is 0. The Morgan fingerprint density at radius 3 is 2.39 bits per heavy atom. The molecular weight excluding hydrogens is 562 g/mol. The molecule has 6 aromatic rings. The lowest BCUT2D eigenvalue weighted by molar-refractivity contribution is 1.00. The van der Waals surface area contributed by atoms with E-state index in [0.29, 0.717) is 11.7 Å². The fraction of sp³-hybridized carbons (Fsp3) is 0.0976. The van der Waals surface area contributed by atoms with Gasteiger partial charge in [-0.2, -0.15) is 0 Å². The van der Waals surface area contributed by atoms with Crippen molar-refractivity contribution < 1.29 is 0 Å². The molecule has 0 radical (unpaired) electrons. The van der Waals surface area contributed by atoms with Crippen LogP contribution in [0.15, 0.2) is 156 Å². The highest BCUT2D eigenvalue weighted by molar-refractivity contribution is 6.13. The minimum atomic E-state index is 0.496. The molecule has 1 N–H and O–H groups in total. The molecule has 1 aliphatic carbocycles. The topological polar surface area (TPSA) is 54.6 Å². The van der Waals surface area contributed by atoms with Crippen molar-refractivity contribution in [2.75, 3.05) is 5.32 Å². The molecule has 0 fully saturated rings. The molecule has 2 heterocycles. The second-order valence-corrected chi connectivity index (χ2v) is 11.4. The number of aromatic nitrogens is 2. The van der Waals surface area contributed by atoms with Gasteiger partial charge in [-0.1, -0.05) is 110 Å². The van der Waals surface area contributed by atoms with Gasteiger partial charge in [0.25, 0.3) is 0 Å². The van der Waals surface area contributed by atoms with Crippen LogP contribution in [0.5, 0.6) is 0 Å². The molecule has 5 nitrogen and oxygen atoms in total. The number of hydrogen-bond donors (Lipinski definition) is 1. The largest absolute Gasteiger partial charge is 0.324 e. The van der Waals surface area contributed by atoms with Crippen LogP contribution in [-0.2, 0) is 0 Å². The number of hydrogen-bond acceptors (Lipinski definition) is 2. The van der Waals surface area contributed by atoms with E-state index >= 15 is 0 Å². The molecule has 5 heteroatoms. The Hall–Kier alpha value is -5.81. The second kappa shape index (κ2) is 12.7. The first-order valence-electron chi connectivity index (χ1n) is 15.6. The number of aryl methyl sites for hydroxylation is 1. The summed E-state index contributed by atoms with van der Waals surface area (Å²) in [4.78, 5) is 14.7. The summed E-state index contributed by atoms with van der Waals surface area (Å²) in [5.74, 6) is 1.39. The quantitative estimate of drug-likeness (QED) is 0.153. The summed E-state index contributed by atoms with van der Waals surface area (Å²) in [6.45, 7) is 8.53.